The number of nitriles is 1. The number of hydrogen-bond donors (Lipinski definition) is 0. The molecule has 0 saturated heterocycles. The highest BCUT2D eigenvalue weighted by atomic mass is 32.1. The molecule has 0 aliphatic rings. The molecule has 0 aliphatic carbocycles. The van der Waals surface area contributed by atoms with Gasteiger partial charge in [0.2, 0.25) is 0 Å². The molecule has 0 radical (unpaired) electrons. The number of nitrogens with zero attached hydrogens (tertiary/aromatic N) is 2. The molecule has 2 aromatic carbocycles. The Bertz CT molecular complexity index is 769. The predicted octanol–water partition coefficient (Wildman–Crippen LogP) is 4.47. The number of rotatable bonds is 4. The Labute approximate surface area is 128 Å². The van der Waals surface area contributed by atoms with Crippen LogP contribution in [0.1, 0.15) is 16.1 Å². The van der Waals surface area contributed by atoms with Gasteiger partial charge in [-0.2, -0.15) is 5.26 Å². The standard InChI is InChI=1S/C18H14N2S/c19-12-15-7-4-8-16(11-15)17-13-21-18(20-17)10-9-14-5-2-1-3-6-14/h1-8,11,13H,9-10H2. The highest BCUT2D eigenvalue weighted by Crippen LogP contribution is 2.23. The lowest BCUT2D eigenvalue weighted by molar-refractivity contribution is 0.945. The molecular weight excluding hydrogens is 276 g/mol. The maximum atomic E-state index is 8.96. The van der Waals surface area contributed by atoms with E-state index in [2.05, 4.69) is 40.7 Å². The number of hydrogen-bond acceptors (Lipinski definition) is 3. The molecule has 0 bridgehead atoms. The largest absolute Gasteiger partial charge is 0.241 e. The molecule has 102 valence electrons. The highest BCUT2D eigenvalue weighted by molar-refractivity contribution is 7.09. The van der Waals surface area contributed by atoms with Crippen molar-refractivity contribution in [1.29, 1.82) is 5.26 Å². The van der Waals surface area contributed by atoms with E-state index >= 15 is 0 Å². The van der Waals surface area contributed by atoms with Crippen LogP contribution in [0.2, 0.25) is 0 Å². The van der Waals surface area contributed by atoms with Crippen LogP contribution in [0.15, 0.2) is 60.0 Å². The van der Waals surface area contributed by atoms with Crippen molar-refractivity contribution in [1.82, 2.24) is 4.98 Å². The Kier molecular flexibility index (Phi) is 4.09. The van der Waals surface area contributed by atoms with Crippen LogP contribution in [0.4, 0.5) is 0 Å². The van der Waals surface area contributed by atoms with Gasteiger partial charge in [-0.05, 0) is 24.1 Å². The van der Waals surface area contributed by atoms with Crippen LogP contribution in [-0.2, 0) is 12.8 Å². The molecule has 0 atom stereocenters. The molecule has 0 saturated carbocycles. The first-order chi connectivity index (χ1) is 10.3. The average Bonchev–Trinajstić information content (AvgIpc) is 3.03. The van der Waals surface area contributed by atoms with Gasteiger partial charge in [0.1, 0.15) is 0 Å². The van der Waals surface area contributed by atoms with Gasteiger partial charge in [0, 0.05) is 17.4 Å². The lowest BCUT2D eigenvalue weighted by Crippen LogP contribution is -1.90. The minimum Gasteiger partial charge on any atom is -0.241 e. The summed E-state index contributed by atoms with van der Waals surface area (Å²) in [5.74, 6) is 0. The second-order valence-electron chi connectivity index (χ2n) is 4.80. The first-order valence-corrected chi connectivity index (χ1v) is 7.72. The molecule has 1 heterocycles. The summed E-state index contributed by atoms with van der Waals surface area (Å²) in [7, 11) is 0. The van der Waals surface area contributed by atoms with Gasteiger partial charge in [0.05, 0.1) is 22.3 Å². The molecule has 1 aromatic heterocycles. The van der Waals surface area contributed by atoms with Gasteiger partial charge in [-0.3, -0.25) is 0 Å². The van der Waals surface area contributed by atoms with E-state index < -0.39 is 0 Å². The van der Waals surface area contributed by atoms with Crippen molar-refractivity contribution < 1.29 is 0 Å². The topological polar surface area (TPSA) is 36.7 Å². The first kappa shape index (κ1) is 13.5. The third kappa shape index (κ3) is 3.36. The highest BCUT2D eigenvalue weighted by Gasteiger charge is 2.05. The second-order valence-corrected chi connectivity index (χ2v) is 5.75. The zero-order chi connectivity index (χ0) is 14.5. The Morgan fingerprint density at radius 2 is 1.86 bits per heavy atom. The van der Waals surface area contributed by atoms with Gasteiger partial charge in [0.15, 0.2) is 0 Å². The molecule has 0 N–H and O–H groups in total. The third-order valence-electron chi connectivity index (χ3n) is 3.31. The Balaban J connectivity index is 1.73. The predicted molar refractivity (Wildman–Crippen MR) is 86.1 cm³/mol. The van der Waals surface area contributed by atoms with E-state index in [0.717, 1.165) is 29.1 Å². The summed E-state index contributed by atoms with van der Waals surface area (Å²) in [5, 5.41) is 12.2. The van der Waals surface area contributed by atoms with Gasteiger partial charge in [-0.15, -0.1) is 11.3 Å². The van der Waals surface area contributed by atoms with Crippen molar-refractivity contribution >= 4 is 11.3 Å². The average molecular weight is 290 g/mol. The summed E-state index contributed by atoms with van der Waals surface area (Å²) >= 11 is 1.68. The number of aromatic nitrogens is 1. The molecule has 0 fully saturated rings. The quantitative estimate of drug-likeness (QED) is 0.711. The number of aryl methyl sites for hydroxylation is 2. The summed E-state index contributed by atoms with van der Waals surface area (Å²) in [6.45, 7) is 0. The van der Waals surface area contributed by atoms with Crippen molar-refractivity contribution in [2.45, 2.75) is 12.8 Å². The van der Waals surface area contributed by atoms with Crippen molar-refractivity contribution in [3.05, 3.63) is 76.1 Å². The SMILES string of the molecule is N#Cc1cccc(-c2csc(CCc3ccccc3)n2)c1. The van der Waals surface area contributed by atoms with Gasteiger partial charge >= 0.3 is 0 Å². The Morgan fingerprint density at radius 1 is 1.00 bits per heavy atom. The smallest absolute Gasteiger partial charge is 0.0991 e. The molecule has 0 spiro atoms. The van der Waals surface area contributed by atoms with Crippen LogP contribution in [0.3, 0.4) is 0 Å². The van der Waals surface area contributed by atoms with Crippen molar-refractivity contribution in [2.75, 3.05) is 0 Å². The van der Waals surface area contributed by atoms with Crippen LogP contribution in [0.25, 0.3) is 11.3 Å². The van der Waals surface area contributed by atoms with E-state index in [0.29, 0.717) is 5.56 Å². The molecule has 3 rings (SSSR count). The molecule has 21 heavy (non-hydrogen) atoms. The summed E-state index contributed by atoms with van der Waals surface area (Å²) < 4.78 is 0. The van der Waals surface area contributed by atoms with E-state index in [-0.39, 0.29) is 0 Å². The Morgan fingerprint density at radius 3 is 2.67 bits per heavy atom. The molecule has 3 aromatic rings. The van der Waals surface area contributed by atoms with E-state index in [1.165, 1.54) is 5.56 Å². The molecule has 0 aliphatic heterocycles. The molecule has 3 heteroatoms. The van der Waals surface area contributed by atoms with E-state index in [9.17, 15) is 0 Å². The monoisotopic (exact) mass is 290 g/mol. The summed E-state index contributed by atoms with van der Waals surface area (Å²) in [6, 6.07) is 20.2. The Hall–Kier alpha value is -2.44. The first-order valence-electron chi connectivity index (χ1n) is 6.84. The molecule has 0 unspecified atom stereocenters. The fourth-order valence-corrected chi connectivity index (χ4v) is 3.01. The van der Waals surface area contributed by atoms with E-state index in [1.807, 2.05) is 30.3 Å². The maximum absolute atomic E-state index is 8.96. The molecule has 2 nitrogen and oxygen atoms in total. The fourth-order valence-electron chi connectivity index (χ4n) is 2.20. The van der Waals surface area contributed by atoms with E-state index in [4.69, 9.17) is 5.26 Å². The summed E-state index contributed by atoms with van der Waals surface area (Å²) in [4.78, 5) is 4.68. The van der Waals surface area contributed by atoms with Crippen molar-refractivity contribution in [2.24, 2.45) is 0 Å². The minimum atomic E-state index is 0.673. The maximum Gasteiger partial charge on any atom is 0.0991 e. The van der Waals surface area contributed by atoms with Crippen molar-refractivity contribution in [3.8, 4) is 17.3 Å². The van der Waals surface area contributed by atoms with Crippen molar-refractivity contribution in [3.63, 3.8) is 0 Å². The van der Waals surface area contributed by atoms with Crippen LogP contribution >= 0.6 is 11.3 Å². The van der Waals surface area contributed by atoms with Crippen LogP contribution in [0, 0.1) is 11.3 Å². The lowest BCUT2D eigenvalue weighted by atomic mass is 10.1. The second kappa shape index (κ2) is 6.34. The van der Waals surface area contributed by atoms with Crippen LogP contribution < -0.4 is 0 Å². The third-order valence-corrected chi connectivity index (χ3v) is 4.22. The van der Waals surface area contributed by atoms with Crippen LogP contribution in [0.5, 0.6) is 0 Å². The van der Waals surface area contributed by atoms with Gasteiger partial charge in [-0.25, -0.2) is 4.98 Å². The van der Waals surface area contributed by atoms with Gasteiger partial charge in [0.25, 0.3) is 0 Å². The van der Waals surface area contributed by atoms with E-state index in [1.54, 1.807) is 11.3 Å². The summed E-state index contributed by atoms with van der Waals surface area (Å²) in [5.41, 5.74) is 3.98. The molecule has 0 amide bonds. The number of benzene rings is 2. The van der Waals surface area contributed by atoms with Gasteiger partial charge < -0.3 is 0 Å². The minimum absolute atomic E-state index is 0.673. The lowest BCUT2D eigenvalue weighted by Gasteiger charge is -1.99. The molecular formula is C18H14N2S. The number of thiazole rings is 1. The zero-order valence-corrected chi connectivity index (χ0v) is 12.3. The summed E-state index contributed by atoms with van der Waals surface area (Å²) in [6.07, 6.45) is 1.96. The van der Waals surface area contributed by atoms with Gasteiger partial charge in [-0.1, -0.05) is 42.5 Å². The normalized spacial score (nSPS) is 10.2. The fraction of sp³-hybridized carbons (Fsp3) is 0.111. The zero-order valence-electron chi connectivity index (χ0n) is 11.5. The van der Waals surface area contributed by atoms with Crippen LogP contribution in [-0.4, -0.2) is 4.98 Å².